The molecule has 2 aromatic heterocycles. The maximum absolute atomic E-state index is 12.5. The summed E-state index contributed by atoms with van der Waals surface area (Å²) in [7, 11) is 0. The van der Waals surface area contributed by atoms with Crippen molar-refractivity contribution in [2.75, 3.05) is 11.9 Å². The molecule has 0 aromatic carbocycles. The van der Waals surface area contributed by atoms with Crippen LogP contribution in [0, 0.1) is 0 Å². The second-order valence-electron chi connectivity index (χ2n) is 5.63. The molecule has 0 spiro atoms. The minimum absolute atomic E-state index is 0.0717. The fraction of sp³-hybridized carbons (Fsp3) is 0.438. The zero-order valence-corrected chi connectivity index (χ0v) is 16.3. The molecule has 24 heavy (non-hydrogen) atoms. The molecular weight excluding hydrogens is 410 g/mol. The van der Waals surface area contributed by atoms with Crippen molar-refractivity contribution in [2.24, 2.45) is 0 Å². The van der Waals surface area contributed by atoms with Crippen LogP contribution in [-0.2, 0) is 16.0 Å². The zero-order chi connectivity index (χ0) is 16.9. The van der Waals surface area contributed by atoms with Gasteiger partial charge in [-0.1, -0.05) is 0 Å². The van der Waals surface area contributed by atoms with E-state index in [2.05, 4.69) is 32.3 Å². The summed E-state index contributed by atoms with van der Waals surface area (Å²) in [4.78, 5) is 31.9. The van der Waals surface area contributed by atoms with Gasteiger partial charge in [0.15, 0.2) is 5.13 Å². The van der Waals surface area contributed by atoms with Gasteiger partial charge in [-0.2, -0.15) is 0 Å². The van der Waals surface area contributed by atoms with E-state index < -0.39 is 0 Å². The average molecular weight is 428 g/mol. The third-order valence-electron chi connectivity index (χ3n) is 3.98. The van der Waals surface area contributed by atoms with E-state index in [4.69, 9.17) is 0 Å². The molecule has 0 aliphatic carbocycles. The molecule has 0 bridgehead atoms. The summed E-state index contributed by atoms with van der Waals surface area (Å²) >= 11 is 6.53. The van der Waals surface area contributed by atoms with Crippen LogP contribution in [0.5, 0.6) is 0 Å². The molecule has 5 nitrogen and oxygen atoms in total. The van der Waals surface area contributed by atoms with E-state index in [9.17, 15) is 9.59 Å². The number of thiazole rings is 1. The smallest absolute Gasteiger partial charge is 0.248 e. The Hall–Kier alpha value is -1.25. The Morgan fingerprint density at radius 3 is 3.00 bits per heavy atom. The first-order valence-electron chi connectivity index (χ1n) is 7.87. The fourth-order valence-electron chi connectivity index (χ4n) is 2.86. The van der Waals surface area contributed by atoms with Gasteiger partial charge >= 0.3 is 0 Å². The minimum atomic E-state index is -0.364. The van der Waals surface area contributed by atoms with E-state index in [1.165, 1.54) is 16.2 Å². The summed E-state index contributed by atoms with van der Waals surface area (Å²) in [5.41, 5.74) is 0. The molecule has 2 aromatic rings. The summed E-state index contributed by atoms with van der Waals surface area (Å²) in [6.07, 6.45) is 5.44. The predicted molar refractivity (Wildman–Crippen MR) is 100 cm³/mol. The Bertz CT molecular complexity index is 702. The lowest BCUT2D eigenvalue weighted by Crippen LogP contribution is -2.43. The second kappa shape index (κ2) is 8.22. The number of halogens is 1. The molecule has 1 atom stereocenters. The van der Waals surface area contributed by atoms with Crippen molar-refractivity contribution in [1.29, 1.82) is 0 Å². The third-order valence-corrected chi connectivity index (χ3v) is 6.35. The molecule has 1 fully saturated rings. The number of rotatable bonds is 6. The van der Waals surface area contributed by atoms with E-state index in [-0.39, 0.29) is 17.9 Å². The molecular formula is C16H18BrN3O2S2. The lowest BCUT2D eigenvalue weighted by Gasteiger charge is -2.23. The molecule has 2 amide bonds. The molecule has 8 heteroatoms. The Labute approximate surface area is 157 Å². The first-order valence-corrected chi connectivity index (χ1v) is 10.4. The van der Waals surface area contributed by atoms with Crippen LogP contribution in [0.1, 0.15) is 30.6 Å². The van der Waals surface area contributed by atoms with Gasteiger partial charge in [0.1, 0.15) is 6.04 Å². The highest BCUT2D eigenvalue weighted by Gasteiger charge is 2.33. The van der Waals surface area contributed by atoms with E-state index in [1.54, 1.807) is 22.4 Å². The maximum atomic E-state index is 12.5. The number of carbonyl (C=O) groups is 2. The van der Waals surface area contributed by atoms with Gasteiger partial charge in [-0.05, 0) is 53.7 Å². The molecule has 1 saturated heterocycles. The van der Waals surface area contributed by atoms with E-state index >= 15 is 0 Å². The molecule has 0 saturated carbocycles. The van der Waals surface area contributed by atoms with E-state index in [0.29, 0.717) is 18.1 Å². The summed E-state index contributed by atoms with van der Waals surface area (Å²) in [5, 5.41) is 5.21. The van der Waals surface area contributed by atoms with Gasteiger partial charge in [-0.25, -0.2) is 4.98 Å². The van der Waals surface area contributed by atoms with Crippen LogP contribution < -0.4 is 5.32 Å². The highest BCUT2D eigenvalue weighted by molar-refractivity contribution is 9.11. The lowest BCUT2D eigenvalue weighted by atomic mass is 10.1. The third kappa shape index (κ3) is 4.43. The summed E-state index contributed by atoms with van der Waals surface area (Å²) in [5.74, 6) is -0.0552. The molecule has 1 aliphatic rings. The SMILES string of the molecule is O=C(Nc1nccs1)C1CCCN1C(=O)CCCc1ccc(Br)s1. The molecule has 0 radical (unpaired) electrons. The Morgan fingerprint density at radius 1 is 1.42 bits per heavy atom. The van der Waals surface area contributed by atoms with Gasteiger partial charge in [-0.3, -0.25) is 9.59 Å². The first-order chi connectivity index (χ1) is 11.6. The number of hydrogen-bond donors (Lipinski definition) is 1. The van der Waals surface area contributed by atoms with Gasteiger partial charge in [0.25, 0.3) is 0 Å². The number of amides is 2. The van der Waals surface area contributed by atoms with Gasteiger partial charge in [0.2, 0.25) is 11.8 Å². The van der Waals surface area contributed by atoms with Gasteiger partial charge in [0.05, 0.1) is 3.79 Å². The van der Waals surface area contributed by atoms with E-state index in [0.717, 1.165) is 29.5 Å². The van der Waals surface area contributed by atoms with Crippen molar-refractivity contribution in [3.8, 4) is 0 Å². The van der Waals surface area contributed by atoms with E-state index in [1.807, 2.05) is 11.4 Å². The Morgan fingerprint density at radius 2 is 2.29 bits per heavy atom. The number of aryl methyl sites for hydroxylation is 1. The molecule has 1 unspecified atom stereocenters. The molecule has 3 heterocycles. The van der Waals surface area contributed by atoms with Crippen molar-refractivity contribution in [1.82, 2.24) is 9.88 Å². The predicted octanol–water partition coefficient (Wildman–Crippen LogP) is 3.92. The maximum Gasteiger partial charge on any atom is 0.248 e. The first kappa shape index (κ1) is 17.6. The van der Waals surface area contributed by atoms with Crippen LogP contribution >= 0.6 is 38.6 Å². The van der Waals surface area contributed by atoms with Crippen LogP contribution in [0.3, 0.4) is 0 Å². The number of thiophene rings is 1. The van der Waals surface area contributed by atoms with Gasteiger partial charge < -0.3 is 10.2 Å². The minimum Gasteiger partial charge on any atom is -0.331 e. The number of nitrogens with zero attached hydrogens (tertiary/aromatic N) is 2. The number of carbonyl (C=O) groups excluding carboxylic acids is 2. The monoisotopic (exact) mass is 427 g/mol. The number of nitrogens with one attached hydrogen (secondary N) is 1. The molecule has 1 aliphatic heterocycles. The summed E-state index contributed by atoms with van der Waals surface area (Å²) in [6, 6.07) is 3.75. The molecule has 128 valence electrons. The average Bonchev–Trinajstić information content (AvgIpc) is 3.28. The van der Waals surface area contributed by atoms with Crippen molar-refractivity contribution in [2.45, 2.75) is 38.1 Å². The van der Waals surface area contributed by atoms with Crippen molar-refractivity contribution in [3.63, 3.8) is 0 Å². The standard InChI is InChI=1S/C16H18BrN3O2S2/c17-13-7-6-11(24-13)3-1-5-14(21)20-9-2-4-12(20)15(22)19-16-18-8-10-23-16/h6-8,10,12H,1-5,9H2,(H,18,19,22). The number of aromatic nitrogens is 1. The van der Waals surface area contributed by atoms with Crippen molar-refractivity contribution >= 4 is 55.5 Å². The van der Waals surface area contributed by atoms with Crippen LogP contribution in [0.2, 0.25) is 0 Å². The molecule has 1 N–H and O–H groups in total. The number of anilines is 1. The van der Waals surface area contributed by atoms with Gasteiger partial charge in [-0.15, -0.1) is 22.7 Å². The van der Waals surface area contributed by atoms with Crippen LogP contribution in [0.4, 0.5) is 5.13 Å². The van der Waals surface area contributed by atoms with Crippen LogP contribution in [0.25, 0.3) is 0 Å². The highest BCUT2D eigenvalue weighted by Crippen LogP contribution is 2.25. The fourth-order valence-corrected chi connectivity index (χ4v) is 4.91. The zero-order valence-electron chi connectivity index (χ0n) is 13.0. The lowest BCUT2D eigenvalue weighted by molar-refractivity contribution is -0.136. The summed E-state index contributed by atoms with van der Waals surface area (Å²) in [6.45, 7) is 0.666. The number of likely N-dealkylation sites (tertiary alicyclic amines) is 1. The largest absolute Gasteiger partial charge is 0.331 e. The second-order valence-corrected chi connectivity index (χ2v) is 9.07. The topological polar surface area (TPSA) is 62.3 Å². The highest BCUT2D eigenvalue weighted by atomic mass is 79.9. The van der Waals surface area contributed by atoms with Gasteiger partial charge in [0, 0.05) is 29.4 Å². The van der Waals surface area contributed by atoms with Crippen molar-refractivity contribution < 1.29 is 9.59 Å². The van der Waals surface area contributed by atoms with Crippen LogP contribution in [-0.4, -0.2) is 34.3 Å². The Balaban J connectivity index is 1.50. The molecule has 3 rings (SSSR count). The normalized spacial score (nSPS) is 17.2. The van der Waals surface area contributed by atoms with Crippen molar-refractivity contribution in [3.05, 3.63) is 32.4 Å². The summed E-state index contributed by atoms with van der Waals surface area (Å²) < 4.78 is 1.11. The number of hydrogen-bond acceptors (Lipinski definition) is 5. The van der Waals surface area contributed by atoms with Crippen LogP contribution in [0.15, 0.2) is 27.5 Å². The Kier molecular flexibility index (Phi) is 6.02. The quantitative estimate of drug-likeness (QED) is 0.759.